The Kier molecular flexibility index (Phi) is 11.2. The number of nitrogens with zero attached hydrogens (tertiary/aromatic N) is 1. The van der Waals surface area contributed by atoms with E-state index in [-0.39, 0.29) is 16.2 Å². The number of aryl methyl sites for hydroxylation is 1. The molecule has 0 unspecified atom stereocenters. The molecule has 2 aliphatic carbocycles. The Morgan fingerprint density at radius 1 is 1.16 bits per heavy atom. The Labute approximate surface area is 269 Å². The van der Waals surface area contributed by atoms with E-state index in [4.69, 9.17) is 23.4 Å². The maximum atomic E-state index is 11.0. The molecule has 6 nitrogen and oxygen atoms in total. The van der Waals surface area contributed by atoms with Gasteiger partial charge in [-0.2, -0.15) is 5.26 Å². The first-order valence-electron chi connectivity index (χ1n) is 16.4. The van der Waals surface area contributed by atoms with Crippen molar-refractivity contribution in [3.8, 4) is 17.6 Å². The summed E-state index contributed by atoms with van der Waals surface area (Å²) >= 11 is 0. The number of methoxy groups -OCH3 is 2. The molecule has 0 radical (unpaired) electrons. The minimum absolute atomic E-state index is 0.00211. The van der Waals surface area contributed by atoms with Crippen LogP contribution in [0.3, 0.4) is 0 Å². The Hall–Kier alpha value is -2.27. The Bertz CT molecular complexity index is 1270. The van der Waals surface area contributed by atoms with Crippen LogP contribution >= 0.6 is 0 Å². The molecule has 3 rings (SSSR count). The monoisotopic (exact) mass is 625 g/mol. The van der Waals surface area contributed by atoms with E-state index < -0.39 is 20.2 Å². The molecular formula is C37H59NO5Si. The van der Waals surface area contributed by atoms with E-state index in [2.05, 4.69) is 72.5 Å². The second-order valence-corrected chi connectivity index (χ2v) is 19.7. The summed E-state index contributed by atoms with van der Waals surface area (Å²) in [5, 5.41) is 11.0. The Morgan fingerprint density at radius 2 is 1.84 bits per heavy atom. The maximum Gasteiger partial charge on any atom is 0.241 e. The number of ether oxygens (including phenoxy) is 4. The molecule has 1 aromatic carbocycles. The number of hydrogen-bond donors (Lipinski definition) is 0. The summed E-state index contributed by atoms with van der Waals surface area (Å²) in [6.07, 6.45) is 8.86. The average Bonchev–Trinajstić information content (AvgIpc) is 3.00. The molecule has 0 amide bonds. The number of allylic oxidation sites excluding steroid dienone is 3. The molecule has 0 saturated heterocycles. The van der Waals surface area contributed by atoms with Crippen molar-refractivity contribution in [2.75, 3.05) is 20.8 Å². The largest absolute Gasteiger partial charge is 0.547 e. The van der Waals surface area contributed by atoms with Gasteiger partial charge in [0.25, 0.3) is 0 Å². The lowest BCUT2D eigenvalue weighted by atomic mass is 9.54. The summed E-state index contributed by atoms with van der Waals surface area (Å²) in [4.78, 5) is 0. The molecule has 7 heteroatoms. The number of nitriles is 1. The lowest BCUT2D eigenvalue weighted by molar-refractivity contribution is -0.196. The standard InChI is InChI=1S/C37H59NO5Si/c1-14-41-28(4)42-37(25-38,22-26(2)17-18-29-21-30(39-9)20-27(3)33(29)40-10)24-35(7)23-31-32(43-44(11,12)13)16-15-19-36(35,8)34(31,5)6/h16-17,20-21,28,31H,14-15,18-19,22-24H2,1-13H3/b26-17+/t28-,31-,35-,36+,37+/m0/s1. The van der Waals surface area contributed by atoms with Gasteiger partial charge in [0.15, 0.2) is 11.9 Å². The highest BCUT2D eigenvalue weighted by Crippen LogP contribution is 2.72. The van der Waals surface area contributed by atoms with Crippen molar-refractivity contribution < 1.29 is 23.4 Å². The van der Waals surface area contributed by atoms with E-state index in [1.54, 1.807) is 14.2 Å². The van der Waals surface area contributed by atoms with Gasteiger partial charge in [0.2, 0.25) is 8.32 Å². The van der Waals surface area contributed by atoms with Crippen LogP contribution in [-0.4, -0.2) is 41.0 Å². The minimum atomic E-state index is -1.79. The Morgan fingerprint density at radius 3 is 2.41 bits per heavy atom. The summed E-state index contributed by atoms with van der Waals surface area (Å²) < 4.78 is 30.6. The van der Waals surface area contributed by atoms with E-state index in [0.717, 1.165) is 47.5 Å². The van der Waals surface area contributed by atoms with E-state index in [1.807, 2.05) is 32.9 Å². The van der Waals surface area contributed by atoms with Crippen molar-refractivity contribution in [2.24, 2.45) is 22.2 Å². The molecule has 1 aromatic rings. The van der Waals surface area contributed by atoms with E-state index in [0.29, 0.717) is 31.8 Å². The SMILES string of the molecule is CCO[C@H](C)O[C@](C#N)(C/C(C)=C/Cc1cc(OC)cc(C)c1OC)C[C@]1(C)C[C@H]2C(O[Si](C)(C)C)=CCC[C@]1(C)C2(C)C. The highest BCUT2D eigenvalue weighted by Gasteiger charge is 2.66. The van der Waals surface area contributed by atoms with Crippen LogP contribution in [0, 0.1) is 40.4 Å². The smallest absolute Gasteiger partial charge is 0.241 e. The molecule has 2 aliphatic rings. The predicted molar refractivity (Wildman–Crippen MR) is 181 cm³/mol. The fourth-order valence-electron chi connectivity index (χ4n) is 8.20. The predicted octanol–water partition coefficient (Wildman–Crippen LogP) is 9.53. The highest BCUT2D eigenvalue weighted by atomic mass is 28.4. The molecule has 0 spiro atoms. The van der Waals surface area contributed by atoms with Gasteiger partial charge >= 0.3 is 0 Å². The van der Waals surface area contributed by atoms with E-state index >= 15 is 0 Å². The van der Waals surface area contributed by atoms with Crippen molar-refractivity contribution >= 4 is 8.32 Å². The van der Waals surface area contributed by atoms with Crippen LogP contribution in [0.5, 0.6) is 11.5 Å². The molecule has 0 aromatic heterocycles. The summed E-state index contributed by atoms with van der Waals surface area (Å²) in [5.41, 5.74) is 1.97. The topological polar surface area (TPSA) is 69.9 Å². The van der Waals surface area contributed by atoms with Crippen molar-refractivity contribution in [3.63, 3.8) is 0 Å². The number of benzene rings is 1. The lowest BCUT2D eigenvalue weighted by Gasteiger charge is -2.51. The molecule has 2 bridgehead atoms. The second-order valence-electron chi connectivity index (χ2n) is 15.2. The normalized spacial score (nSPS) is 27.0. The second kappa shape index (κ2) is 13.6. The number of hydrogen-bond acceptors (Lipinski definition) is 6. The van der Waals surface area contributed by atoms with Gasteiger partial charge in [-0.05, 0) is 119 Å². The Balaban J connectivity index is 2.01. The van der Waals surface area contributed by atoms with Crippen LogP contribution in [0.2, 0.25) is 19.6 Å². The zero-order valence-corrected chi connectivity index (χ0v) is 30.9. The molecule has 5 atom stereocenters. The van der Waals surface area contributed by atoms with Gasteiger partial charge in [0.1, 0.15) is 11.5 Å². The molecule has 1 fully saturated rings. The van der Waals surface area contributed by atoms with Gasteiger partial charge in [-0.25, -0.2) is 0 Å². The van der Waals surface area contributed by atoms with Crippen LogP contribution in [-0.2, 0) is 20.3 Å². The van der Waals surface area contributed by atoms with Gasteiger partial charge < -0.3 is 23.4 Å². The third-order valence-electron chi connectivity index (χ3n) is 10.7. The van der Waals surface area contributed by atoms with Gasteiger partial charge in [0, 0.05) is 24.5 Å². The van der Waals surface area contributed by atoms with Crippen LogP contribution in [0.15, 0.2) is 35.6 Å². The quantitative estimate of drug-likeness (QED) is 0.116. The molecule has 44 heavy (non-hydrogen) atoms. The maximum absolute atomic E-state index is 11.0. The number of fused-ring (bicyclic) bond motifs is 2. The molecule has 0 heterocycles. The first-order valence-corrected chi connectivity index (χ1v) is 19.8. The van der Waals surface area contributed by atoms with Crippen molar-refractivity contribution in [1.82, 2.24) is 0 Å². The molecular weight excluding hydrogens is 566 g/mol. The third kappa shape index (κ3) is 7.40. The highest BCUT2D eigenvalue weighted by molar-refractivity contribution is 6.70. The first-order chi connectivity index (χ1) is 20.4. The third-order valence-corrected chi connectivity index (χ3v) is 11.6. The van der Waals surface area contributed by atoms with Gasteiger partial charge in [-0.1, -0.05) is 39.3 Å². The molecule has 1 saturated carbocycles. The van der Waals surface area contributed by atoms with E-state index in [1.165, 1.54) is 5.76 Å². The summed E-state index contributed by atoms with van der Waals surface area (Å²) in [7, 11) is 1.60. The van der Waals surface area contributed by atoms with Crippen LogP contribution in [0.25, 0.3) is 0 Å². The summed E-state index contributed by atoms with van der Waals surface area (Å²) in [5.74, 6) is 3.14. The minimum Gasteiger partial charge on any atom is -0.547 e. The van der Waals surface area contributed by atoms with Crippen LogP contribution < -0.4 is 9.47 Å². The van der Waals surface area contributed by atoms with Crippen molar-refractivity contribution in [2.45, 2.75) is 125 Å². The van der Waals surface area contributed by atoms with Crippen LogP contribution in [0.1, 0.15) is 91.7 Å². The molecule has 246 valence electrons. The first kappa shape index (κ1) is 36.2. The summed E-state index contributed by atoms with van der Waals surface area (Å²) in [6, 6.07) is 6.71. The molecule has 0 aliphatic heterocycles. The average molecular weight is 626 g/mol. The van der Waals surface area contributed by atoms with Crippen molar-refractivity contribution in [3.05, 3.63) is 46.7 Å². The van der Waals surface area contributed by atoms with E-state index in [9.17, 15) is 5.26 Å². The fraction of sp³-hybridized carbons (Fsp3) is 0.703. The summed E-state index contributed by atoms with van der Waals surface area (Å²) in [6.45, 7) is 25.0. The lowest BCUT2D eigenvalue weighted by Crippen LogP contribution is -2.48. The van der Waals surface area contributed by atoms with Gasteiger partial charge in [0.05, 0.1) is 26.0 Å². The fourth-order valence-corrected chi connectivity index (χ4v) is 9.13. The molecule has 0 N–H and O–H groups in total. The zero-order valence-electron chi connectivity index (χ0n) is 29.9. The van der Waals surface area contributed by atoms with Crippen LogP contribution in [0.4, 0.5) is 0 Å². The van der Waals surface area contributed by atoms with Crippen molar-refractivity contribution in [1.29, 1.82) is 5.26 Å². The van der Waals surface area contributed by atoms with Gasteiger partial charge in [-0.3, -0.25) is 0 Å². The number of rotatable bonds is 14. The zero-order chi connectivity index (χ0) is 33.1. The van der Waals surface area contributed by atoms with Gasteiger partial charge in [-0.15, -0.1) is 0 Å².